The third-order valence-electron chi connectivity index (χ3n) is 4.87. The molecular weight excluding hydrogens is 394 g/mol. The third kappa shape index (κ3) is 5.57. The summed E-state index contributed by atoms with van der Waals surface area (Å²) < 4.78 is 11.5. The fourth-order valence-corrected chi connectivity index (χ4v) is 3.42. The zero-order valence-electron chi connectivity index (χ0n) is 18.2. The van der Waals surface area contributed by atoms with Crippen molar-refractivity contribution in [2.75, 3.05) is 13.2 Å². The molecule has 1 atom stereocenters. The third-order valence-corrected chi connectivity index (χ3v) is 4.87. The van der Waals surface area contributed by atoms with E-state index >= 15 is 0 Å². The van der Waals surface area contributed by atoms with Gasteiger partial charge in [-0.05, 0) is 43.5 Å². The predicted octanol–water partition coefficient (Wildman–Crippen LogP) is 3.82. The lowest BCUT2D eigenvalue weighted by atomic mass is 9.94. The molecule has 2 aromatic carbocycles. The van der Waals surface area contributed by atoms with Crippen molar-refractivity contribution in [3.63, 3.8) is 0 Å². The van der Waals surface area contributed by atoms with Crippen LogP contribution in [0.3, 0.4) is 0 Å². The van der Waals surface area contributed by atoms with Crippen LogP contribution < -0.4 is 25.4 Å². The lowest BCUT2D eigenvalue weighted by molar-refractivity contribution is -0.118. The second-order valence-corrected chi connectivity index (χ2v) is 7.23. The predicted molar refractivity (Wildman–Crippen MR) is 119 cm³/mol. The van der Waals surface area contributed by atoms with Gasteiger partial charge in [-0.25, -0.2) is 4.79 Å². The molecule has 1 aliphatic rings. The fraction of sp³-hybridized carbons (Fsp3) is 0.333. The summed E-state index contributed by atoms with van der Waals surface area (Å²) in [6.07, 6.45) is 0.880. The van der Waals surface area contributed by atoms with Gasteiger partial charge in [0.25, 0.3) is 5.91 Å². The van der Waals surface area contributed by atoms with E-state index in [2.05, 4.69) is 16.0 Å². The molecule has 0 radical (unpaired) electrons. The molecule has 7 nitrogen and oxygen atoms in total. The minimum Gasteiger partial charge on any atom is -0.490 e. The van der Waals surface area contributed by atoms with Crippen LogP contribution >= 0.6 is 0 Å². The Hall–Kier alpha value is -3.48. The van der Waals surface area contributed by atoms with Crippen molar-refractivity contribution in [3.8, 4) is 11.5 Å². The second-order valence-electron chi connectivity index (χ2n) is 7.23. The van der Waals surface area contributed by atoms with Gasteiger partial charge in [0.05, 0.1) is 24.8 Å². The summed E-state index contributed by atoms with van der Waals surface area (Å²) in [7, 11) is 0. The largest absolute Gasteiger partial charge is 0.490 e. The van der Waals surface area contributed by atoms with Crippen LogP contribution in [-0.4, -0.2) is 25.2 Å². The maximum Gasteiger partial charge on any atom is 0.319 e. The number of urea groups is 1. The van der Waals surface area contributed by atoms with Crippen molar-refractivity contribution in [1.29, 1.82) is 0 Å². The van der Waals surface area contributed by atoms with E-state index < -0.39 is 6.04 Å². The number of nitrogens with one attached hydrogen (secondary N) is 3. The molecule has 0 fully saturated rings. The molecule has 0 unspecified atom stereocenters. The lowest BCUT2D eigenvalue weighted by Gasteiger charge is -2.29. The Morgan fingerprint density at radius 1 is 1.06 bits per heavy atom. The fourth-order valence-electron chi connectivity index (χ4n) is 3.42. The molecule has 3 rings (SSSR count). The lowest BCUT2D eigenvalue weighted by Crippen LogP contribution is -2.46. The Balaban J connectivity index is 1.88. The van der Waals surface area contributed by atoms with E-state index in [0.717, 1.165) is 17.5 Å². The van der Waals surface area contributed by atoms with Gasteiger partial charge in [-0.15, -0.1) is 0 Å². The highest BCUT2D eigenvalue weighted by Crippen LogP contribution is 2.34. The Bertz CT molecular complexity index is 957. The van der Waals surface area contributed by atoms with Crippen molar-refractivity contribution in [3.05, 3.63) is 70.9 Å². The number of carbonyl (C=O) groups excluding carboxylic acids is 2. The summed E-state index contributed by atoms with van der Waals surface area (Å²) in [5.74, 6) is 0.981. The maximum atomic E-state index is 13.1. The van der Waals surface area contributed by atoms with E-state index in [9.17, 15) is 9.59 Å². The van der Waals surface area contributed by atoms with Crippen LogP contribution in [0.15, 0.2) is 59.8 Å². The molecule has 3 N–H and O–H groups in total. The average Bonchev–Trinajstić information content (AvgIpc) is 2.77. The number of benzene rings is 2. The van der Waals surface area contributed by atoms with Gasteiger partial charge >= 0.3 is 6.03 Å². The quantitative estimate of drug-likeness (QED) is 0.572. The van der Waals surface area contributed by atoms with E-state index in [-0.39, 0.29) is 11.9 Å². The first-order valence-electron chi connectivity index (χ1n) is 10.5. The minimum atomic E-state index is -0.607. The molecule has 1 aliphatic heterocycles. The molecule has 164 valence electrons. The first kappa shape index (κ1) is 22.2. The topological polar surface area (TPSA) is 88.7 Å². The highest BCUT2D eigenvalue weighted by atomic mass is 16.5. The second kappa shape index (κ2) is 10.5. The van der Waals surface area contributed by atoms with Gasteiger partial charge in [-0.3, -0.25) is 4.79 Å². The summed E-state index contributed by atoms with van der Waals surface area (Å²) in [4.78, 5) is 25.3. The maximum absolute atomic E-state index is 13.1. The first-order chi connectivity index (χ1) is 15.0. The molecule has 2 aromatic rings. The number of hydrogen-bond acceptors (Lipinski definition) is 4. The number of ether oxygens (including phenoxy) is 2. The molecule has 7 heteroatoms. The summed E-state index contributed by atoms with van der Waals surface area (Å²) in [6.45, 7) is 7.11. The van der Waals surface area contributed by atoms with Gasteiger partial charge in [-0.1, -0.05) is 43.3 Å². The van der Waals surface area contributed by atoms with Gasteiger partial charge in [0.1, 0.15) is 0 Å². The van der Waals surface area contributed by atoms with E-state index in [0.29, 0.717) is 42.5 Å². The summed E-state index contributed by atoms with van der Waals surface area (Å²) in [6, 6.07) is 14.2. The Kier molecular flexibility index (Phi) is 7.54. The molecule has 0 aromatic heterocycles. The highest BCUT2D eigenvalue weighted by molar-refractivity contribution is 5.98. The van der Waals surface area contributed by atoms with E-state index in [1.807, 2.05) is 62.4 Å². The summed E-state index contributed by atoms with van der Waals surface area (Å²) in [5.41, 5.74) is 2.71. The molecule has 3 amide bonds. The van der Waals surface area contributed by atoms with Gasteiger partial charge in [-0.2, -0.15) is 0 Å². The zero-order chi connectivity index (χ0) is 22.2. The first-order valence-corrected chi connectivity index (χ1v) is 10.5. The van der Waals surface area contributed by atoms with E-state index in [1.54, 1.807) is 6.92 Å². The minimum absolute atomic E-state index is 0.247. The van der Waals surface area contributed by atoms with Crippen LogP contribution in [0, 0.1) is 0 Å². The summed E-state index contributed by atoms with van der Waals surface area (Å²) in [5, 5.41) is 8.51. The van der Waals surface area contributed by atoms with Crippen molar-refractivity contribution in [1.82, 2.24) is 16.0 Å². The van der Waals surface area contributed by atoms with Gasteiger partial charge < -0.3 is 25.4 Å². The molecule has 0 spiro atoms. The number of amides is 3. The number of hydrogen-bond donors (Lipinski definition) is 3. The van der Waals surface area contributed by atoms with Crippen LogP contribution in [-0.2, 0) is 11.3 Å². The smallest absolute Gasteiger partial charge is 0.319 e. The molecule has 1 heterocycles. The standard InChI is InChI=1S/C24H29N3O4/c1-4-13-31-19-12-11-18(14-20(19)30-5-2)22-21(16(3)26-24(29)27-22)23(28)25-15-17-9-7-6-8-10-17/h6-12,14,22H,4-5,13,15H2,1-3H3,(H,25,28)(H2,26,27,29)/t22-/m1/s1. The van der Waals surface area contributed by atoms with Crippen LogP contribution in [0.4, 0.5) is 4.79 Å². The highest BCUT2D eigenvalue weighted by Gasteiger charge is 2.31. The molecule has 0 aliphatic carbocycles. The SMILES string of the molecule is CCCOc1ccc([C@H]2NC(=O)NC(C)=C2C(=O)NCc2ccccc2)cc1OCC. The zero-order valence-corrected chi connectivity index (χ0v) is 18.2. The monoisotopic (exact) mass is 423 g/mol. The Morgan fingerprint density at radius 2 is 1.84 bits per heavy atom. The van der Waals surface area contributed by atoms with Crippen molar-refractivity contribution in [2.45, 2.75) is 39.8 Å². The number of allylic oxidation sites excluding steroid dienone is 1. The van der Waals surface area contributed by atoms with Crippen LogP contribution in [0.5, 0.6) is 11.5 Å². The van der Waals surface area contributed by atoms with Crippen molar-refractivity contribution in [2.24, 2.45) is 0 Å². The Morgan fingerprint density at radius 3 is 2.55 bits per heavy atom. The number of carbonyl (C=O) groups is 2. The molecular formula is C24H29N3O4. The molecule has 0 bridgehead atoms. The average molecular weight is 424 g/mol. The van der Waals surface area contributed by atoms with Gasteiger partial charge in [0.2, 0.25) is 0 Å². The van der Waals surface area contributed by atoms with Gasteiger partial charge in [0.15, 0.2) is 11.5 Å². The van der Waals surface area contributed by atoms with Crippen molar-refractivity contribution >= 4 is 11.9 Å². The number of rotatable bonds is 9. The van der Waals surface area contributed by atoms with Crippen LogP contribution in [0.25, 0.3) is 0 Å². The van der Waals surface area contributed by atoms with E-state index in [1.165, 1.54) is 0 Å². The Labute approximate surface area is 182 Å². The van der Waals surface area contributed by atoms with E-state index in [4.69, 9.17) is 9.47 Å². The molecule has 0 saturated heterocycles. The van der Waals surface area contributed by atoms with Gasteiger partial charge in [0, 0.05) is 12.2 Å². The van der Waals surface area contributed by atoms with Crippen LogP contribution in [0.2, 0.25) is 0 Å². The summed E-state index contributed by atoms with van der Waals surface area (Å²) >= 11 is 0. The van der Waals surface area contributed by atoms with Crippen LogP contribution in [0.1, 0.15) is 44.4 Å². The van der Waals surface area contributed by atoms with Crippen molar-refractivity contribution < 1.29 is 19.1 Å². The molecule has 0 saturated carbocycles. The molecule has 31 heavy (non-hydrogen) atoms. The normalized spacial score (nSPS) is 15.7.